The van der Waals surface area contributed by atoms with Gasteiger partial charge in [0.2, 0.25) is 5.91 Å². The highest BCUT2D eigenvalue weighted by Crippen LogP contribution is 2.34. The number of benzene rings is 1. The molecule has 1 fully saturated rings. The number of halogens is 1. The van der Waals surface area contributed by atoms with Crippen LogP contribution in [0.5, 0.6) is 0 Å². The van der Waals surface area contributed by atoms with Crippen LogP contribution < -0.4 is 16.4 Å². The van der Waals surface area contributed by atoms with Crippen LogP contribution in [0.15, 0.2) is 30.6 Å². The Morgan fingerprint density at radius 3 is 2.36 bits per heavy atom. The number of anilines is 1. The number of amides is 3. The highest BCUT2D eigenvalue weighted by molar-refractivity contribution is 6.04. The van der Waals surface area contributed by atoms with Crippen molar-refractivity contribution in [3.8, 4) is 0 Å². The molecule has 1 saturated carbocycles. The van der Waals surface area contributed by atoms with Gasteiger partial charge in [-0.3, -0.25) is 14.4 Å². The Morgan fingerprint density at radius 2 is 1.79 bits per heavy atom. The van der Waals surface area contributed by atoms with E-state index in [-0.39, 0.29) is 35.1 Å². The molecule has 0 saturated heterocycles. The van der Waals surface area contributed by atoms with E-state index in [2.05, 4.69) is 15.6 Å². The fourth-order valence-electron chi connectivity index (χ4n) is 3.56. The van der Waals surface area contributed by atoms with E-state index in [4.69, 9.17) is 5.73 Å². The third-order valence-electron chi connectivity index (χ3n) is 5.04. The van der Waals surface area contributed by atoms with Crippen LogP contribution in [0.4, 0.5) is 10.1 Å². The van der Waals surface area contributed by atoms with Gasteiger partial charge in [-0.2, -0.15) is 0 Å². The summed E-state index contributed by atoms with van der Waals surface area (Å²) >= 11 is 0. The summed E-state index contributed by atoms with van der Waals surface area (Å²) < 4.78 is 14.6. The number of nitrogens with one attached hydrogen (secondary N) is 2. The van der Waals surface area contributed by atoms with Crippen LogP contribution in [0.3, 0.4) is 0 Å². The number of nitrogens with zero attached hydrogens (tertiary/aromatic N) is 2. The lowest BCUT2D eigenvalue weighted by Crippen LogP contribution is -2.30. The molecular formula is C19H22FN5O3. The maximum Gasteiger partial charge on any atom is 0.272 e. The number of nitrogens with two attached hydrogens (primary N) is 1. The zero-order valence-electron chi connectivity index (χ0n) is 15.4. The summed E-state index contributed by atoms with van der Waals surface area (Å²) in [6.07, 6.45) is 3.97. The molecule has 9 heteroatoms. The molecule has 0 bridgehead atoms. The van der Waals surface area contributed by atoms with Crippen LogP contribution in [-0.2, 0) is 4.79 Å². The van der Waals surface area contributed by atoms with Crippen molar-refractivity contribution < 1.29 is 18.8 Å². The van der Waals surface area contributed by atoms with Crippen molar-refractivity contribution in [2.45, 2.75) is 31.7 Å². The van der Waals surface area contributed by atoms with Gasteiger partial charge in [0, 0.05) is 24.7 Å². The summed E-state index contributed by atoms with van der Waals surface area (Å²) in [5.74, 6) is -1.84. The molecule has 8 nitrogen and oxygen atoms in total. The molecule has 0 aliphatic heterocycles. The number of carbonyl (C=O) groups is 3. The second-order valence-electron chi connectivity index (χ2n) is 6.79. The maximum atomic E-state index is 13.0. The second-order valence-corrected chi connectivity index (χ2v) is 6.79. The summed E-state index contributed by atoms with van der Waals surface area (Å²) in [4.78, 5) is 40.2. The number of aromatic nitrogens is 2. The Balaban J connectivity index is 1.66. The monoisotopic (exact) mass is 387 g/mol. The smallest absolute Gasteiger partial charge is 0.272 e. The molecule has 1 aromatic carbocycles. The minimum Gasteiger partial charge on any atom is -0.364 e. The Kier molecular flexibility index (Phi) is 5.72. The first-order valence-electron chi connectivity index (χ1n) is 9.05. The van der Waals surface area contributed by atoms with Gasteiger partial charge < -0.3 is 20.9 Å². The van der Waals surface area contributed by atoms with Crippen molar-refractivity contribution in [2.24, 2.45) is 11.7 Å². The Morgan fingerprint density at radius 1 is 1.14 bits per heavy atom. The van der Waals surface area contributed by atoms with E-state index in [0.29, 0.717) is 31.4 Å². The van der Waals surface area contributed by atoms with Crippen LogP contribution >= 0.6 is 0 Å². The van der Waals surface area contributed by atoms with Gasteiger partial charge in [-0.05, 0) is 49.9 Å². The SMILES string of the molecule is CNC(=O)c1ncn(C2CCC(C(=O)Nc3ccc(F)cc3)CC2)c1C(N)=O. The summed E-state index contributed by atoms with van der Waals surface area (Å²) in [5, 5.41) is 5.24. The van der Waals surface area contributed by atoms with Crippen molar-refractivity contribution in [1.29, 1.82) is 0 Å². The molecule has 3 amide bonds. The lowest BCUT2D eigenvalue weighted by molar-refractivity contribution is -0.121. The minimum atomic E-state index is -0.715. The predicted octanol–water partition coefficient (Wildman–Crippen LogP) is 1.85. The first kappa shape index (κ1) is 19.5. The summed E-state index contributed by atoms with van der Waals surface area (Å²) in [5.41, 5.74) is 6.10. The van der Waals surface area contributed by atoms with Gasteiger partial charge in [-0.15, -0.1) is 0 Å². The Labute approximate surface area is 161 Å². The highest BCUT2D eigenvalue weighted by Gasteiger charge is 2.31. The number of imidazole rings is 1. The van der Waals surface area contributed by atoms with Crippen LogP contribution in [0.25, 0.3) is 0 Å². The fourth-order valence-corrected chi connectivity index (χ4v) is 3.56. The quantitative estimate of drug-likeness (QED) is 0.725. The molecule has 1 aliphatic carbocycles. The molecule has 1 aliphatic rings. The van der Waals surface area contributed by atoms with Crippen molar-refractivity contribution in [1.82, 2.24) is 14.9 Å². The number of carbonyl (C=O) groups excluding carboxylic acids is 3. The fraction of sp³-hybridized carbons (Fsp3) is 0.368. The van der Waals surface area contributed by atoms with E-state index in [1.165, 1.54) is 37.6 Å². The van der Waals surface area contributed by atoms with Crippen LogP contribution in [0.1, 0.15) is 52.7 Å². The molecular weight excluding hydrogens is 365 g/mol. The first-order chi connectivity index (χ1) is 13.4. The van der Waals surface area contributed by atoms with E-state index in [0.717, 1.165) is 0 Å². The van der Waals surface area contributed by atoms with Gasteiger partial charge in [0.15, 0.2) is 5.69 Å². The average molecular weight is 387 g/mol. The van der Waals surface area contributed by atoms with E-state index >= 15 is 0 Å². The number of hydrogen-bond donors (Lipinski definition) is 3. The highest BCUT2D eigenvalue weighted by atomic mass is 19.1. The van der Waals surface area contributed by atoms with Crippen LogP contribution in [0, 0.1) is 11.7 Å². The normalized spacial score (nSPS) is 19.1. The molecule has 1 heterocycles. The van der Waals surface area contributed by atoms with Crippen LogP contribution in [0.2, 0.25) is 0 Å². The van der Waals surface area contributed by atoms with E-state index in [1.807, 2.05) is 0 Å². The summed E-state index contributed by atoms with van der Waals surface area (Å²) in [7, 11) is 1.46. The lowest BCUT2D eigenvalue weighted by Gasteiger charge is -2.29. The molecule has 2 aromatic rings. The Bertz CT molecular complexity index is 885. The van der Waals surface area contributed by atoms with Gasteiger partial charge in [0.1, 0.15) is 11.5 Å². The molecule has 0 atom stereocenters. The molecule has 0 radical (unpaired) electrons. The van der Waals surface area contributed by atoms with Gasteiger partial charge in [-0.25, -0.2) is 9.37 Å². The minimum absolute atomic E-state index is 0.00572. The molecule has 1 aromatic heterocycles. The summed E-state index contributed by atoms with van der Waals surface area (Å²) in [6, 6.07) is 5.55. The van der Waals surface area contributed by atoms with Crippen molar-refractivity contribution in [3.63, 3.8) is 0 Å². The average Bonchev–Trinajstić information content (AvgIpc) is 3.14. The molecule has 3 rings (SSSR count). The second kappa shape index (κ2) is 8.20. The first-order valence-corrected chi connectivity index (χ1v) is 9.05. The van der Waals surface area contributed by atoms with Crippen molar-refractivity contribution in [3.05, 3.63) is 47.8 Å². The number of hydrogen-bond acceptors (Lipinski definition) is 4. The molecule has 4 N–H and O–H groups in total. The van der Waals surface area contributed by atoms with Crippen molar-refractivity contribution >= 4 is 23.4 Å². The van der Waals surface area contributed by atoms with Crippen LogP contribution in [-0.4, -0.2) is 34.3 Å². The molecule has 148 valence electrons. The number of rotatable bonds is 5. The van der Waals surface area contributed by atoms with E-state index in [9.17, 15) is 18.8 Å². The number of primary amides is 1. The largest absolute Gasteiger partial charge is 0.364 e. The zero-order valence-corrected chi connectivity index (χ0v) is 15.4. The zero-order chi connectivity index (χ0) is 20.3. The maximum absolute atomic E-state index is 13.0. The third-order valence-corrected chi connectivity index (χ3v) is 5.04. The molecule has 0 unspecified atom stereocenters. The molecule has 28 heavy (non-hydrogen) atoms. The third kappa shape index (κ3) is 4.03. The van der Waals surface area contributed by atoms with Crippen molar-refractivity contribution in [2.75, 3.05) is 12.4 Å². The van der Waals surface area contributed by atoms with E-state index < -0.39 is 11.8 Å². The van der Waals surface area contributed by atoms with Gasteiger partial charge in [0.25, 0.3) is 11.8 Å². The van der Waals surface area contributed by atoms with E-state index in [1.54, 1.807) is 4.57 Å². The Hall–Kier alpha value is -3.23. The van der Waals surface area contributed by atoms with Gasteiger partial charge in [0.05, 0.1) is 6.33 Å². The lowest BCUT2D eigenvalue weighted by atomic mass is 9.85. The van der Waals surface area contributed by atoms with Gasteiger partial charge >= 0.3 is 0 Å². The molecule has 0 spiro atoms. The summed E-state index contributed by atoms with van der Waals surface area (Å²) in [6.45, 7) is 0. The standard InChI is InChI=1S/C19H22FN5O3/c1-22-19(28)15-16(17(21)26)25(10-23-15)14-8-2-11(3-9-14)18(27)24-13-6-4-12(20)5-7-13/h4-7,10-11,14H,2-3,8-9H2,1H3,(H2,21,26)(H,22,28)(H,24,27). The predicted molar refractivity (Wildman–Crippen MR) is 100 cm³/mol. The topological polar surface area (TPSA) is 119 Å². The van der Waals surface area contributed by atoms with Gasteiger partial charge in [-0.1, -0.05) is 0 Å².